The zero-order valence-corrected chi connectivity index (χ0v) is 14.5. The second kappa shape index (κ2) is 6.37. The Hall–Kier alpha value is -1.06. The summed E-state index contributed by atoms with van der Waals surface area (Å²) in [5, 5.41) is 3.02. The molecule has 0 heterocycles. The van der Waals surface area contributed by atoms with Gasteiger partial charge in [-0.1, -0.05) is 33.6 Å². The Bertz CT molecular complexity index is 387. The van der Waals surface area contributed by atoms with Gasteiger partial charge in [-0.3, -0.25) is 9.59 Å². The lowest BCUT2D eigenvalue weighted by Crippen LogP contribution is -2.51. The van der Waals surface area contributed by atoms with Crippen LogP contribution in [0.15, 0.2) is 0 Å². The van der Waals surface area contributed by atoms with Crippen LogP contribution < -0.4 is 11.1 Å². The molecule has 0 bridgehead atoms. The summed E-state index contributed by atoms with van der Waals surface area (Å²) in [7, 11) is 0. The minimum absolute atomic E-state index is 0.0606. The minimum Gasteiger partial charge on any atom is -0.369 e. The molecule has 1 rings (SSSR count). The molecule has 2 atom stereocenters. The summed E-state index contributed by atoms with van der Waals surface area (Å²) in [4.78, 5) is 24.6. The van der Waals surface area contributed by atoms with Gasteiger partial charge in [0.25, 0.3) is 0 Å². The van der Waals surface area contributed by atoms with Crippen LogP contribution in [0, 0.1) is 23.2 Å². The Labute approximate surface area is 129 Å². The monoisotopic (exact) mass is 296 g/mol. The van der Waals surface area contributed by atoms with E-state index in [2.05, 4.69) is 5.32 Å². The van der Waals surface area contributed by atoms with Crippen molar-refractivity contribution in [1.29, 1.82) is 0 Å². The largest absolute Gasteiger partial charge is 0.369 e. The van der Waals surface area contributed by atoms with Gasteiger partial charge in [0.15, 0.2) is 0 Å². The van der Waals surface area contributed by atoms with Gasteiger partial charge >= 0.3 is 0 Å². The van der Waals surface area contributed by atoms with Crippen LogP contribution in [-0.4, -0.2) is 17.4 Å². The fourth-order valence-corrected chi connectivity index (χ4v) is 2.92. The number of hydrogen-bond acceptors (Lipinski definition) is 2. The highest BCUT2D eigenvalue weighted by molar-refractivity contribution is 5.87. The molecule has 4 nitrogen and oxygen atoms in total. The second-order valence-corrected chi connectivity index (χ2v) is 8.61. The predicted octanol–water partition coefficient (Wildman–Crippen LogP) is 2.86. The van der Waals surface area contributed by atoms with Gasteiger partial charge in [0.1, 0.15) is 0 Å². The highest BCUT2D eigenvalue weighted by Crippen LogP contribution is 2.39. The van der Waals surface area contributed by atoms with Gasteiger partial charge in [0, 0.05) is 11.5 Å². The smallest absolute Gasteiger partial charge is 0.224 e. The summed E-state index contributed by atoms with van der Waals surface area (Å²) in [6.45, 7) is 11.9. The van der Waals surface area contributed by atoms with Crippen LogP contribution in [0.5, 0.6) is 0 Å². The van der Waals surface area contributed by atoms with Crippen molar-refractivity contribution in [3.05, 3.63) is 0 Å². The topological polar surface area (TPSA) is 72.2 Å². The van der Waals surface area contributed by atoms with Gasteiger partial charge in [0.2, 0.25) is 11.8 Å². The lowest BCUT2D eigenvalue weighted by Gasteiger charge is -2.36. The van der Waals surface area contributed by atoms with Crippen molar-refractivity contribution in [3.8, 4) is 0 Å². The normalized spacial score (nSPS) is 19.0. The number of nitrogens with one attached hydrogen (secondary N) is 1. The number of carbonyl (C=O) groups excluding carboxylic acids is 2. The molecule has 0 radical (unpaired) electrons. The molecule has 0 aliphatic heterocycles. The molecule has 122 valence electrons. The highest BCUT2D eigenvalue weighted by Gasteiger charge is 2.42. The minimum atomic E-state index is -0.382. The molecule has 1 aliphatic carbocycles. The average Bonchev–Trinajstić information content (AvgIpc) is 3.02. The molecular weight excluding hydrogens is 264 g/mol. The lowest BCUT2D eigenvalue weighted by atomic mass is 9.70. The average molecular weight is 296 g/mol. The van der Waals surface area contributed by atoms with Crippen molar-refractivity contribution in [2.75, 3.05) is 0 Å². The maximum atomic E-state index is 12.7. The van der Waals surface area contributed by atoms with Crippen LogP contribution in [0.25, 0.3) is 0 Å². The van der Waals surface area contributed by atoms with Crippen LogP contribution in [0.1, 0.15) is 67.2 Å². The summed E-state index contributed by atoms with van der Waals surface area (Å²) in [6, 6.07) is 0. The van der Waals surface area contributed by atoms with Gasteiger partial charge in [-0.2, -0.15) is 0 Å². The Morgan fingerprint density at radius 2 is 1.67 bits per heavy atom. The zero-order chi connectivity index (χ0) is 16.4. The zero-order valence-electron chi connectivity index (χ0n) is 14.5. The molecule has 1 saturated carbocycles. The molecular formula is C17H32N2O2. The lowest BCUT2D eigenvalue weighted by molar-refractivity contribution is -0.139. The first kappa shape index (κ1) is 18.0. The van der Waals surface area contributed by atoms with Crippen molar-refractivity contribution in [2.45, 2.75) is 72.8 Å². The van der Waals surface area contributed by atoms with E-state index in [0.29, 0.717) is 0 Å². The van der Waals surface area contributed by atoms with Gasteiger partial charge in [0.05, 0.1) is 5.92 Å². The van der Waals surface area contributed by atoms with E-state index in [1.807, 2.05) is 41.5 Å². The van der Waals surface area contributed by atoms with Gasteiger partial charge in [-0.25, -0.2) is 0 Å². The number of hydrogen-bond donors (Lipinski definition) is 2. The number of primary amides is 1. The van der Waals surface area contributed by atoms with E-state index in [-0.39, 0.29) is 34.6 Å². The molecule has 3 N–H and O–H groups in total. The third-order valence-corrected chi connectivity index (χ3v) is 4.06. The highest BCUT2D eigenvalue weighted by atomic mass is 16.2. The Morgan fingerprint density at radius 1 is 1.14 bits per heavy atom. The predicted molar refractivity (Wildman–Crippen MR) is 85.5 cm³/mol. The third-order valence-electron chi connectivity index (χ3n) is 4.06. The fraction of sp³-hybridized carbons (Fsp3) is 0.882. The second-order valence-electron chi connectivity index (χ2n) is 8.61. The number of rotatable bonds is 6. The molecule has 0 aromatic heterocycles. The first-order valence-electron chi connectivity index (χ1n) is 8.03. The van der Waals surface area contributed by atoms with Crippen molar-refractivity contribution < 1.29 is 9.59 Å². The van der Waals surface area contributed by atoms with E-state index in [9.17, 15) is 9.59 Å². The molecule has 0 aromatic rings. The van der Waals surface area contributed by atoms with E-state index in [4.69, 9.17) is 5.73 Å². The molecule has 1 fully saturated rings. The van der Waals surface area contributed by atoms with Crippen molar-refractivity contribution in [3.63, 3.8) is 0 Å². The summed E-state index contributed by atoms with van der Waals surface area (Å²) >= 11 is 0. The molecule has 0 saturated heterocycles. The number of nitrogens with two attached hydrogens (primary N) is 1. The van der Waals surface area contributed by atoms with Crippen LogP contribution >= 0.6 is 0 Å². The Kier molecular flexibility index (Phi) is 5.46. The van der Waals surface area contributed by atoms with Crippen LogP contribution in [-0.2, 0) is 9.59 Å². The SMILES string of the molecule is CC(C)(C)NC(=O)[C@@H](C(CCC1CC1)C(N)=O)C(C)(C)C. The van der Waals surface area contributed by atoms with E-state index in [1.54, 1.807) is 0 Å². The maximum Gasteiger partial charge on any atom is 0.224 e. The van der Waals surface area contributed by atoms with Crippen LogP contribution in [0.3, 0.4) is 0 Å². The van der Waals surface area contributed by atoms with Crippen molar-refractivity contribution in [1.82, 2.24) is 5.32 Å². The Balaban J connectivity index is 2.90. The number of amides is 2. The summed E-state index contributed by atoms with van der Waals surface area (Å²) in [6.07, 6.45) is 4.22. The van der Waals surface area contributed by atoms with Crippen molar-refractivity contribution in [2.24, 2.45) is 28.9 Å². The first-order chi connectivity index (χ1) is 9.42. The third kappa shape index (κ3) is 6.06. The maximum absolute atomic E-state index is 12.7. The van der Waals surface area contributed by atoms with E-state index < -0.39 is 0 Å². The standard InChI is InChI=1S/C17H32N2O2/c1-16(2,3)13(15(21)19-17(4,5)6)12(14(18)20)10-9-11-7-8-11/h11-13H,7-10H2,1-6H3,(H2,18,20)(H,19,21)/t12?,13-/m1/s1. The van der Waals surface area contributed by atoms with E-state index in [1.165, 1.54) is 12.8 Å². The molecule has 1 aliphatic rings. The molecule has 0 spiro atoms. The van der Waals surface area contributed by atoms with Crippen LogP contribution in [0.2, 0.25) is 0 Å². The van der Waals surface area contributed by atoms with Crippen LogP contribution in [0.4, 0.5) is 0 Å². The molecule has 4 heteroatoms. The fourth-order valence-electron chi connectivity index (χ4n) is 2.92. The molecule has 1 unspecified atom stereocenters. The number of carbonyl (C=O) groups is 2. The first-order valence-corrected chi connectivity index (χ1v) is 8.03. The van der Waals surface area contributed by atoms with E-state index >= 15 is 0 Å². The molecule has 2 amide bonds. The Morgan fingerprint density at radius 3 is 2.00 bits per heavy atom. The van der Waals surface area contributed by atoms with Gasteiger partial charge < -0.3 is 11.1 Å². The van der Waals surface area contributed by atoms with Crippen molar-refractivity contribution >= 4 is 11.8 Å². The molecule has 21 heavy (non-hydrogen) atoms. The summed E-state index contributed by atoms with van der Waals surface area (Å²) in [5.41, 5.74) is 5.02. The van der Waals surface area contributed by atoms with E-state index in [0.717, 1.165) is 18.8 Å². The quantitative estimate of drug-likeness (QED) is 0.791. The summed E-state index contributed by atoms with van der Waals surface area (Å²) in [5.74, 6) is -0.437. The molecule has 0 aromatic carbocycles. The summed E-state index contributed by atoms with van der Waals surface area (Å²) < 4.78 is 0. The van der Waals surface area contributed by atoms with Gasteiger partial charge in [-0.15, -0.1) is 0 Å². The van der Waals surface area contributed by atoms with Gasteiger partial charge in [-0.05, 0) is 44.9 Å².